The molecule has 1 aliphatic carbocycles. The van der Waals surface area contributed by atoms with Gasteiger partial charge in [-0.05, 0) is 74.4 Å². The Morgan fingerprint density at radius 1 is 1.04 bits per heavy atom. The van der Waals surface area contributed by atoms with Crippen LogP contribution < -0.4 is 5.32 Å². The van der Waals surface area contributed by atoms with Crippen molar-refractivity contribution in [2.45, 2.75) is 39.5 Å². The lowest BCUT2D eigenvalue weighted by molar-refractivity contribution is 0.102. The number of rotatable bonds is 2. The lowest BCUT2D eigenvalue weighted by atomic mass is 9.95. The molecule has 3 heteroatoms. The van der Waals surface area contributed by atoms with Crippen LogP contribution in [-0.4, -0.2) is 10.9 Å². The number of aromatic amines is 1. The average Bonchev–Trinajstić information content (AvgIpc) is 2.92. The minimum atomic E-state index is -0.0517. The summed E-state index contributed by atoms with van der Waals surface area (Å²) < 4.78 is 0. The predicted molar refractivity (Wildman–Crippen MR) is 98.8 cm³/mol. The maximum atomic E-state index is 12.8. The number of para-hydroxylation sites is 1. The number of carbonyl (C=O) groups excluding carboxylic acids is 1. The molecular formula is C21H22N2O. The standard InChI is InChI=1S/C21H22N2O/c1-13-10-14(2)12-15(11-13)22-21(24)18-8-5-7-17-16-6-3-4-9-19(16)23-20(17)18/h5,7-8,10-12,23H,3-4,6,9H2,1-2H3,(H,22,24). The highest BCUT2D eigenvalue weighted by molar-refractivity contribution is 6.12. The summed E-state index contributed by atoms with van der Waals surface area (Å²) in [6.07, 6.45) is 4.66. The van der Waals surface area contributed by atoms with Crippen molar-refractivity contribution in [3.8, 4) is 0 Å². The molecule has 24 heavy (non-hydrogen) atoms. The lowest BCUT2D eigenvalue weighted by Crippen LogP contribution is -2.12. The molecule has 1 aliphatic rings. The van der Waals surface area contributed by atoms with E-state index in [-0.39, 0.29) is 5.91 Å². The first kappa shape index (κ1) is 15.0. The summed E-state index contributed by atoms with van der Waals surface area (Å²) in [5.41, 5.74) is 7.57. The second-order valence-corrected chi connectivity index (χ2v) is 6.85. The molecule has 0 saturated carbocycles. The molecule has 122 valence electrons. The van der Waals surface area contributed by atoms with Gasteiger partial charge in [0.15, 0.2) is 0 Å². The Balaban J connectivity index is 1.73. The van der Waals surface area contributed by atoms with E-state index in [0.717, 1.165) is 40.7 Å². The molecule has 4 rings (SSSR count). The summed E-state index contributed by atoms with van der Waals surface area (Å²) in [4.78, 5) is 16.3. The number of aryl methyl sites for hydroxylation is 4. The molecule has 2 aromatic carbocycles. The van der Waals surface area contributed by atoms with Crippen molar-refractivity contribution in [2.75, 3.05) is 5.32 Å². The van der Waals surface area contributed by atoms with Crippen LogP contribution in [-0.2, 0) is 12.8 Å². The van der Waals surface area contributed by atoms with Gasteiger partial charge in [-0.15, -0.1) is 0 Å². The van der Waals surface area contributed by atoms with Crippen LogP contribution in [0.5, 0.6) is 0 Å². The monoisotopic (exact) mass is 318 g/mol. The largest absolute Gasteiger partial charge is 0.358 e. The topological polar surface area (TPSA) is 44.9 Å². The smallest absolute Gasteiger partial charge is 0.257 e. The van der Waals surface area contributed by atoms with Crippen LogP contribution in [0.2, 0.25) is 0 Å². The third kappa shape index (κ3) is 2.60. The molecule has 0 bridgehead atoms. The van der Waals surface area contributed by atoms with Gasteiger partial charge in [-0.25, -0.2) is 0 Å². The summed E-state index contributed by atoms with van der Waals surface area (Å²) in [7, 11) is 0. The highest BCUT2D eigenvalue weighted by Gasteiger charge is 2.19. The molecule has 1 amide bonds. The zero-order chi connectivity index (χ0) is 16.7. The minimum Gasteiger partial charge on any atom is -0.358 e. The van der Waals surface area contributed by atoms with Gasteiger partial charge in [-0.3, -0.25) is 4.79 Å². The summed E-state index contributed by atoms with van der Waals surface area (Å²) in [5.74, 6) is -0.0517. The van der Waals surface area contributed by atoms with Crippen LogP contribution in [0.4, 0.5) is 5.69 Å². The van der Waals surface area contributed by atoms with Gasteiger partial charge in [0.25, 0.3) is 5.91 Å². The maximum absolute atomic E-state index is 12.8. The number of H-pyrrole nitrogens is 1. The molecule has 3 nitrogen and oxygen atoms in total. The number of aromatic nitrogens is 1. The van der Waals surface area contributed by atoms with Crippen LogP contribution in [0.3, 0.4) is 0 Å². The predicted octanol–water partition coefficient (Wildman–Crippen LogP) is 4.92. The van der Waals surface area contributed by atoms with E-state index in [0.29, 0.717) is 0 Å². The van der Waals surface area contributed by atoms with Crippen LogP contribution >= 0.6 is 0 Å². The first-order chi connectivity index (χ1) is 11.6. The summed E-state index contributed by atoms with van der Waals surface area (Å²) in [6.45, 7) is 4.09. The second kappa shape index (κ2) is 5.82. The van der Waals surface area contributed by atoms with E-state index in [2.05, 4.69) is 22.4 Å². The Kier molecular flexibility index (Phi) is 3.64. The lowest BCUT2D eigenvalue weighted by Gasteiger charge is -2.10. The van der Waals surface area contributed by atoms with Gasteiger partial charge in [0, 0.05) is 16.8 Å². The zero-order valence-corrected chi connectivity index (χ0v) is 14.2. The van der Waals surface area contributed by atoms with E-state index in [1.165, 1.54) is 29.5 Å². The van der Waals surface area contributed by atoms with Crippen LogP contribution in [0.25, 0.3) is 10.9 Å². The van der Waals surface area contributed by atoms with Crippen molar-refractivity contribution in [2.24, 2.45) is 0 Å². The van der Waals surface area contributed by atoms with Gasteiger partial charge in [-0.1, -0.05) is 18.2 Å². The molecule has 0 saturated heterocycles. The molecule has 1 heterocycles. The maximum Gasteiger partial charge on any atom is 0.257 e. The van der Waals surface area contributed by atoms with Crippen molar-refractivity contribution in [3.63, 3.8) is 0 Å². The summed E-state index contributed by atoms with van der Waals surface area (Å²) >= 11 is 0. The molecule has 0 fully saturated rings. The van der Waals surface area contributed by atoms with Gasteiger partial charge in [-0.2, -0.15) is 0 Å². The van der Waals surface area contributed by atoms with Crippen molar-refractivity contribution < 1.29 is 4.79 Å². The summed E-state index contributed by atoms with van der Waals surface area (Å²) in [6, 6.07) is 12.1. The Hall–Kier alpha value is -2.55. The fourth-order valence-electron chi connectivity index (χ4n) is 3.86. The SMILES string of the molecule is Cc1cc(C)cc(NC(=O)c2cccc3c4c([nH]c23)CCCC4)c1. The van der Waals surface area contributed by atoms with Crippen LogP contribution in [0, 0.1) is 13.8 Å². The average molecular weight is 318 g/mol. The summed E-state index contributed by atoms with van der Waals surface area (Å²) in [5, 5.41) is 4.26. The van der Waals surface area contributed by atoms with E-state index in [1.807, 2.05) is 38.1 Å². The number of benzene rings is 2. The normalized spacial score (nSPS) is 13.8. The van der Waals surface area contributed by atoms with Crippen LogP contribution in [0.15, 0.2) is 36.4 Å². The number of nitrogens with one attached hydrogen (secondary N) is 2. The first-order valence-electron chi connectivity index (χ1n) is 8.64. The molecular weight excluding hydrogens is 296 g/mol. The Morgan fingerprint density at radius 2 is 1.79 bits per heavy atom. The third-order valence-electron chi connectivity index (χ3n) is 4.86. The highest BCUT2D eigenvalue weighted by Crippen LogP contribution is 2.31. The van der Waals surface area contributed by atoms with E-state index in [4.69, 9.17) is 0 Å². The number of hydrogen-bond donors (Lipinski definition) is 2. The van der Waals surface area contributed by atoms with E-state index in [1.54, 1.807) is 0 Å². The molecule has 0 atom stereocenters. The Labute approximate surface area is 142 Å². The number of carbonyl (C=O) groups is 1. The van der Waals surface area contributed by atoms with Gasteiger partial charge < -0.3 is 10.3 Å². The molecule has 1 aromatic heterocycles. The second-order valence-electron chi connectivity index (χ2n) is 6.85. The third-order valence-corrected chi connectivity index (χ3v) is 4.86. The van der Waals surface area contributed by atoms with Crippen molar-refractivity contribution in [1.82, 2.24) is 4.98 Å². The van der Waals surface area contributed by atoms with Gasteiger partial charge in [0.2, 0.25) is 0 Å². The number of hydrogen-bond acceptors (Lipinski definition) is 1. The fraction of sp³-hybridized carbons (Fsp3) is 0.286. The molecule has 0 radical (unpaired) electrons. The highest BCUT2D eigenvalue weighted by atomic mass is 16.1. The minimum absolute atomic E-state index is 0.0517. The zero-order valence-electron chi connectivity index (χ0n) is 14.2. The number of amides is 1. The fourth-order valence-corrected chi connectivity index (χ4v) is 3.86. The van der Waals surface area contributed by atoms with Gasteiger partial charge in [0.05, 0.1) is 11.1 Å². The Bertz CT molecular complexity index is 916. The molecule has 0 aliphatic heterocycles. The quantitative estimate of drug-likeness (QED) is 0.692. The van der Waals surface area contributed by atoms with E-state index in [9.17, 15) is 4.79 Å². The number of anilines is 1. The molecule has 0 spiro atoms. The van der Waals surface area contributed by atoms with Gasteiger partial charge >= 0.3 is 0 Å². The van der Waals surface area contributed by atoms with Gasteiger partial charge in [0.1, 0.15) is 0 Å². The van der Waals surface area contributed by atoms with Crippen molar-refractivity contribution in [3.05, 3.63) is 64.3 Å². The van der Waals surface area contributed by atoms with Crippen molar-refractivity contribution in [1.29, 1.82) is 0 Å². The first-order valence-corrected chi connectivity index (χ1v) is 8.64. The number of fused-ring (bicyclic) bond motifs is 3. The van der Waals surface area contributed by atoms with E-state index >= 15 is 0 Å². The molecule has 2 N–H and O–H groups in total. The molecule has 3 aromatic rings. The molecule has 0 unspecified atom stereocenters. The van der Waals surface area contributed by atoms with E-state index < -0.39 is 0 Å². The van der Waals surface area contributed by atoms with Crippen molar-refractivity contribution >= 4 is 22.5 Å². The van der Waals surface area contributed by atoms with Crippen LogP contribution in [0.1, 0.15) is 45.6 Å². The Morgan fingerprint density at radius 3 is 2.58 bits per heavy atom.